The molecule has 0 bridgehead atoms. The molecule has 37 heavy (non-hydrogen) atoms. The number of benzene rings is 2. The van der Waals surface area contributed by atoms with E-state index in [1.165, 1.54) is 11.3 Å². The molecule has 2 aliphatic rings. The maximum Gasteiger partial charge on any atom is 0.300 e. The van der Waals surface area contributed by atoms with Gasteiger partial charge in [-0.25, -0.2) is 0 Å². The number of piperidine rings is 1. The minimum atomic E-state index is -0.957. The monoisotopic (exact) mass is 520 g/mol. The highest BCUT2D eigenvalue weighted by Crippen LogP contribution is 2.44. The first kappa shape index (κ1) is 25.0. The first-order chi connectivity index (χ1) is 17.9. The van der Waals surface area contributed by atoms with E-state index in [2.05, 4.69) is 4.90 Å². The second-order valence-electron chi connectivity index (χ2n) is 9.26. The third kappa shape index (κ3) is 4.71. The van der Waals surface area contributed by atoms with Gasteiger partial charge >= 0.3 is 0 Å². The van der Waals surface area contributed by atoms with Crippen LogP contribution in [-0.2, 0) is 9.59 Å². The fraction of sp³-hybridized carbons (Fsp3) is 0.310. The molecule has 0 aliphatic carbocycles. The summed E-state index contributed by atoms with van der Waals surface area (Å²) in [4.78, 5) is 30.5. The number of amides is 1. The number of furan rings is 1. The second-order valence-corrected chi connectivity index (χ2v) is 9.66. The minimum absolute atomic E-state index is 0.0880. The highest BCUT2D eigenvalue weighted by molar-refractivity contribution is 6.52. The van der Waals surface area contributed by atoms with Gasteiger partial charge in [-0.2, -0.15) is 0 Å². The molecule has 1 amide bonds. The molecule has 0 spiro atoms. The van der Waals surface area contributed by atoms with Crippen molar-refractivity contribution in [1.29, 1.82) is 0 Å². The molecule has 2 aliphatic heterocycles. The normalized spacial score (nSPS) is 19.5. The van der Waals surface area contributed by atoms with Crippen LogP contribution in [0.1, 0.15) is 49.3 Å². The zero-order valence-corrected chi connectivity index (χ0v) is 21.6. The van der Waals surface area contributed by atoms with Crippen molar-refractivity contribution >= 4 is 40.4 Å². The quantitative estimate of drug-likeness (QED) is 0.235. The number of hydrogen-bond acceptors (Lipinski definition) is 6. The molecular formula is C29H29ClN2O5. The van der Waals surface area contributed by atoms with Gasteiger partial charge in [-0.15, -0.1) is 0 Å². The van der Waals surface area contributed by atoms with Crippen LogP contribution in [-0.4, -0.2) is 36.5 Å². The van der Waals surface area contributed by atoms with E-state index >= 15 is 0 Å². The van der Waals surface area contributed by atoms with E-state index < -0.39 is 17.7 Å². The van der Waals surface area contributed by atoms with E-state index in [0.717, 1.165) is 31.6 Å². The number of carbonyl (C=O) groups is 2. The highest BCUT2D eigenvalue weighted by Gasteiger charge is 2.48. The fourth-order valence-electron chi connectivity index (χ4n) is 5.03. The summed E-state index contributed by atoms with van der Waals surface area (Å²) in [6.45, 7) is 6.04. The van der Waals surface area contributed by atoms with Crippen LogP contribution < -0.4 is 14.5 Å². The van der Waals surface area contributed by atoms with Crippen molar-refractivity contribution in [3.8, 4) is 5.75 Å². The molecule has 0 radical (unpaired) electrons. The predicted molar refractivity (Wildman–Crippen MR) is 143 cm³/mol. The maximum atomic E-state index is 13.4. The van der Waals surface area contributed by atoms with Gasteiger partial charge in [0.1, 0.15) is 29.1 Å². The van der Waals surface area contributed by atoms with Gasteiger partial charge in [-0.05, 0) is 87.7 Å². The van der Waals surface area contributed by atoms with Crippen LogP contribution in [0.15, 0.2) is 64.6 Å². The van der Waals surface area contributed by atoms with Crippen LogP contribution in [0.25, 0.3) is 5.76 Å². The van der Waals surface area contributed by atoms with Crippen molar-refractivity contribution < 1.29 is 23.8 Å². The molecule has 7 nitrogen and oxygen atoms in total. The Labute approximate surface area is 220 Å². The standard InChI is InChI=1S/C29H29ClN2O5/c1-3-36-21-12-13-23(30)22(17-21)27(33)25-26(24-14-7-18(2)37-24)32(29(35)28(25)34)20-10-8-19(9-11-20)31-15-5-4-6-16-31/h7-14,17,26,33H,3-6,15-16H2,1-2H3/b27-25+. The number of halogens is 1. The molecule has 2 aromatic carbocycles. The van der Waals surface area contributed by atoms with Gasteiger partial charge in [-0.1, -0.05) is 11.6 Å². The van der Waals surface area contributed by atoms with Crippen LogP contribution in [0, 0.1) is 6.92 Å². The molecule has 1 aromatic heterocycles. The summed E-state index contributed by atoms with van der Waals surface area (Å²) in [5, 5.41) is 11.6. The highest BCUT2D eigenvalue weighted by atomic mass is 35.5. The molecule has 1 N–H and O–H groups in total. The Bertz CT molecular complexity index is 1350. The number of aliphatic hydroxyl groups excluding tert-OH is 1. The predicted octanol–water partition coefficient (Wildman–Crippen LogP) is 6.26. The van der Waals surface area contributed by atoms with Gasteiger partial charge in [0.2, 0.25) is 0 Å². The Morgan fingerprint density at radius 2 is 1.73 bits per heavy atom. The number of Topliss-reactive ketones (excluding diaryl/α,β-unsaturated/α-hetero) is 1. The third-order valence-electron chi connectivity index (χ3n) is 6.83. The lowest BCUT2D eigenvalue weighted by atomic mass is 9.99. The molecule has 5 rings (SSSR count). The molecule has 2 fully saturated rings. The number of rotatable bonds is 6. The number of aryl methyl sites for hydroxylation is 1. The number of aliphatic hydroxyl groups is 1. The first-order valence-corrected chi connectivity index (χ1v) is 12.9. The van der Waals surface area contributed by atoms with Crippen LogP contribution in [0.2, 0.25) is 5.02 Å². The zero-order chi connectivity index (χ0) is 26.1. The van der Waals surface area contributed by atoms with Crippen molar-refractivity contribution in [1.82, 2.24) is 0 Å². The van der Waals surface area contributed by atoms with E-state index in [0.29, 0.717) is 29.6 Å². The zero-order valence-electron chi connectivity index (χ0n) is 20.9. The van der Waals surface area contributed by atoms with Gasteiger partial charge in [0.25, 0.3) is 11.7 Å². The molecule has 3 aromatic rings. The van der Waals surface area contributed by atoms with Gasteiger partial charge in [0, 0.05) is 30.0 Å². The van der Waals surface area contributed by atoms with E-state index in [9.17, 15) is 14.7 Å². The Morgan fingerprint density at radius 1 is 1.03 bits per heavy atom. The lowest BCUT2D eigenvalue weighted by molar-refractivity contribution is -0.132. The number of hydrogen-bond donors (Lipinski definition) is 1. The van der Waals surface area contributed by atoms with Gasteiger partial charge in [-0.3, -0.25) is 14.5 Å². The van der Waals surface area contributed by atoms with Crippen molar-refractivity contribution in [2.75, 3.05) is 29.5 Å². The van der Waals surface area contributed by atoms with Crippen LogP contribution in [0.3, 0.4) is 0 Å². The minimum Gasteiger partial charge on any atom is -0.507 e. The van der Waals surface area contributed by atoms with E-state index in [4.69, 9.17) is 20.8 Å². The smallest absolute Gasteiger partial charge is 0.300 e. The largest absolute Gasteiger partial charge is 0.507 e. The summed E-state index contributed by atoms with van der Waals surface area (Å²) < 4.78 is 11.4. The van der Waals surface area contributed by atoms with E-state index in [1.54, 1.807) is 37.3 Å². The van der Waals surface area contributed by atoms with Crippen LogP contribution >= 0.6 is 11.6 Å². The summed E-state index contributed by atoms with van der Waals surface area (Å²) in [5.74, 6) is -0.455. The average molecular weight is 521 g/mol. The lowest BCUT2D eigenvalue weighted by Gasteiger charge is -2.29. The molecule has 192 valence electrons. The molecule has 2 saturated heterocycles. The molecule has 3 heterocycles. The van der Waals surface area contributed by atoms with E-state index in [-0.39, 0.29) is 21.9 Å². The Hall–Kier alpha value is -3.71. The fourth-order valence-corrected chi connectivity index (χ4v) is 5.24. The number of nitrogens with zero attached hydrogens (tertiary/aromatic N) is 2. The summed E-state index contributed by atoms with van der Waals surface area (Å²) in [6.07, 6.45) is 3.54. The van der Waals surface area contributed by atoms with Crippen molar-refractivity contribution in [3.05, 3.63) is 82.3 Å². The molecule has 0 saturated carbocycles. The lowest BCUT2D eigenvalue weighted by Crippen LogP contribution is -2.30. The SMILES string of the molecule is CCOc1ccc(Cl)c(/C(O)=C2\C(=O)C(=O)N(c3ccc(N4CCCCC4)cc3)C2c2ccc(C)o2)c1. The molecule has 1 atom stereocenters. The second kappa shape index (κ2) is 10.3. The first-order valence-electron chi connectivity index (χ1n) is 12.5. The van der Waals surface area contributed by atoms with Crippen molar-refractivity contribution in [2.45, 2.75) is 39.2 Å². The summed E-state index contributed by atoms with van der Waals surface area (Å²) in [5.41, 5.74) is 1.73. The van der Waals surface area contributed by atoms with Gasteiger partial charge in [0.05, 0.1) is 17.2 Å². The number of ether oxygens (including phenoxy) is 1. The summed E-state index contributed by atoms with van der Waals surface area (Å²) in [6, 6.07) is 14.9. The van der Waals surface area contributed by atoms with Gasteiger partial charge in [0.15, 0.2) is 0 Å². The number of ketones is 1. The molecule has 8 heteroatoms. The van der Waals surface area contributed by atoms with E-state index in [1.807, 2.05) is 31.2 Å². The van der Waals surface area contributed by atoms with Crippen molar-refractivity contribution in [3.63, 3.8) is 0 Å². The molecule has 1 unspecified atom stereocenters. The Kier molecular flexibility index (Phi) is 6.98. The Balaban J connectivity index is 1.60. The third-order valence-corrected chi connectivity index (χ3v) is 7.16. The Morgan fingerprint density at radius 3 is 2.38 bits per heavy atom. The van der Waals surface area contributed by atoms with Crippen molar-refractivity contribution in [2.24, 2.45) is 0 Å². The topological polar surface area (TPSA) is 83.2 Å². The number of anilines is 2. The number of carbonyl (C=O) groups excluding carboxylic acids is 2. The summed E-state index contributed by atoms with van der Waals surface area (Å²) in [7, 11) is 0. The maximum absolute atomic E-state index is 13.4. The van der Waals surface area contributed by atoms with Crippen LogP contribution in [0.4, 0.5) is 11.4 Å². The molecular weight excluding hydrogens is 492 g/mol. The average Bonchev–Trinajstić information content (AvgIpc) is 3.46. The van der Waals surface area contributed by atoms with Gasteiger partial charge < -0.3 is 19.2 Å². The van der Waals surface area contributed by atoms with Crippen LogP contribution in [0.5, 0.6) is 5.75 Å². The summed E-state index contributed by atoms with van der Waals surface area (Å²) >= 11 is 6.41.